The molecule has 0 bridgehead atoms. The summed E-state index contributed by atoms with van der Waals surface area (Å²) >= 11 is 0. The smallest absolute Gasteiger partial charge is 0.374 e. The SMILES string of the molecule is CCO[Si](CCC1=[C-]CC=C1)(OCC)OCC.[CH3-].[CH3-].[CH3-].[Pt+4]. The van der Waals surface area contributed by atoms with Gasteiger partial charge in [-0.15, -0.1) is 6.42 Å². The third-order valence-corrected chi connectivity index (χ3v) is 5.61. The molecule has 0 aromatic rings. The first-order valence-corrected chi connectivity index (χ1v) is 8.37. The van der Waals surface area contributed by atoms with Crippen LogP contribution in [0.2, 0.25) is 6.04 Å². The van der Waals surface area contributed by atoms with E-state index in [2.05, 4.69) is 18.2 Å². The molecule has 0 atom stereocenters. The molecule has 0 N–H and O–H groups in total. The largest absolute Gasteiger partial charge is 4.00 e. The van der Waals surface area contributed by atoms with Crippen molar-refractivity contribution in [2.45, 2.75) is 39.7 Å². The van der Waals surface area contributed by atoms with Gasteiger partial charge in [0.1, 0.15) is 0 Å². The topological polar surface area (TPSA) is 27.7 Å². The molecular weight excluding hydrogens is 463 g/mol. The van der Waals surface area contributed by atoms with E-state index >= 15 is 0 Å². The quantitative estimate of drug-likeness (QED) is 0.349. The van der Waals surface area contributed by atoms with Crippen molar-refractivity contribution >= 4 is 8.80 Å². The maximum atomic E-state index is 5.80. The van der Waals surface area contributed by atoms with Crippen molar-refractivity contribution in [2.75, 3.05) is 19.8 Å². The summed E-state index contributed by atoms with van der Waals surface area (Å²) in [5.41, 5.74) is 1.25. The van der Waals surface area contributed by atoms with Gasteiger partial charge in [0.2, 0.25) is 0 Å². The number of rotatable bonds is 9. The third kappa shape index (κ3) is 10.6. The molecule has 0 spiro atoms. The molecule has 128 valence electrons. The number of hydrogen-bond acceptors (Lipinski definition) is 3. The van der Waals surface area contributed by atoms with Gasteiger partial charge in [-0.3, -0.25) is 6.08 Å². The standard InChI is InChI=1S/C13H23O3Si.3CH3.Pt/c1-4-14-17(15-5-2,16-6-3)12-11-13-9-7-8-10-13;;;;/h7,9H,4-6,8,11-12H2,1-3H3;3*1H3;/q4*-1;+4. The third-order valence-electron chi connectivity index (χ3n) is 2.56. The fraction of sp³-hybridized carbons (Fsp3) is 0.562. The van der Waals surface area contributed by atoms with Crippen LogP contribution in [0.4, 0.5) is 0 Å². The summed E-state index contributed by atoms with van der Waals surface area (Å²) in [5, 5.41) is 0. The Bertz CT molecular complexity index is 264. The minimum atomic E-state index is -2.46. The predicted octanol–water partition coefficient (Wildman–Crippen LogP) is 4.46. The van der Waals surface area contributed by atoms with E-state index in [1.165, 1.54) is 5.57 Å². The molecule has 0 saturated carbocycles. The molecular formula is C16H32O3PtSi. The molecule has 0 radical (unpaired) electrons. The molecule has 3 nitrogen and oxygen atoms in total. The molecule has 21 heavy (non-hydrogen) atoms. The molecule has 0 heterocycles. The van der Waals surface area contributed by atoms with E-state index in [1.54, 1.807) is 0 Å². The summed E-state index contributed by atoms with van der Waals surface area (Å²) in [6, 6.07) is 0.842. The van der Waals surface area contributed by atoms with Crippen LogP contribution in [0.15, 0.2) is 17.7 Å². The molecule has 5 heteroatoms. The van der Waals surface area contributed by atoms with Gasteiger partial charge in [0.15, 0.2) is 0 Å². The van der Waals surface area contributed by atoms with Gasteiger partial charge in [-0.05, 0) is 20.8 Å². The molecule has 1 rings (SSSR count). The fourth-order valence-electron chi connectivity index (χ4n) is 1.91. The van der Waals surface area contributed by atoms with Gasteiger partial charge in [-0.2, -0.15) is 6.08 Å². The minimum absolute atomic E-state index is 0. The minimum Gasteiger partial charge on any atom is -0.374 e. The molecule has 0 fully saturated rings. The number of allylic oxidation sites excluding steroid dienone is 4. The molecule has 0 amide bonds. The molecule has 1 aliphatic carbocycles. The van der Waals surface area contributed by atoms with E-state index in [9.17, 15) is 0 Å². The summed E-state index contributed by atoms with van der Waals surface area (Å²) in [4.78, 5) is 0. The zero-order valence-corrected chi connectivity index (χ0v) is 17.7. The monoisotopic (exact) mass is 495 g/mol. The Morgan fingerprint density at radius 3 is 1.81 bits per heavy atom. The summed E-state index contributed by atoms with van der Waals surface area (Å²) in [6.45, 7) is 7.89. The molecule has 1 aliphatic rings. The van der Waals surface area contributed by atoms with Gasteiger partial charge in [0.25, 0.3) is 0 Å². The Labute approximate surface area is 148 Å². The van der Waals surface area contributed by atoms with Crippen molar-refractivity contribution in [3.05, 3.63) is 46.1 Å². The van der Waals surface area contributed by atoms with Crippen molar-refractivity contribution in [2.24, 2.45) is 0 Å². The first-order chi connectivity index (χ1) is 8.26. The zero-order chi connectivity index (χ0) is 12.6. The van der Waals surface area contributed by atoms with Crippen LogP contribution in [0.1, 0.15) is 33.6 Å². The molecule has 0 saturated heterocycles. The van der Waals surface area contributed by atoms with Crippen molar-refractivity contribution in [3.63, 3.8) is 0 Å². The van der Waals surface area contributed by atoms with Crippen LogP contribution in [0.3, 0.4) is 0 Å². The Kier molecular flexibility index (Phi) is 23.2. The van der Waals surface area contributed by atoms with Crippen molar-refractivity contribution < 1.29 is 34.3 Å². The second-order valence-corrected chi connectivity index (χ2v) is 6.52. The van der Waals surface area contributed by atoms with Crippen molar-refractivity contribution in [1.29, 1.82) is 0 Å². The summed E-state index contributed by atoms with van der Waals surface area (Å²) in [7, 11) is -2.46. The predicted molar refractivity (Wildman–Crippen MR) is 89.8 cm³/mol. The fourth-order valence-corrected chi connectivity index (χ4v) is 4.49. The van der Waals surface area contributed by atoms with E-state index in [1.807, 2.05) is 20.8 Å². The summed E-state index contributed by atoms with van der Waals surface area (Å²) < 4.78 is 17.4. The molecule has 0 aromatic carbocycles. The van der Waals surface area contributed by atoms with Crippen LogP contribution in [0.5, 0.6) is 0 Å². The van der Waals surface area contributed by atoms with E-state index in [-0.39, 0.29) is 43.3 Å². The average Bonchev–Trinajstić information content (AvgIpc) is 2.80. The van der Waals surface area contributed by atoms with Crippen LogP contribution >= 0.6 is 0 Å². The van der Waals surface area contributed by atoms with Gasteiger partial charge < -0.3 is 35.6 Å². The van der Waals surface area contributed by atoms with Gasteiger partial charge in [0.05, 0.1) is 0 Å². The Balaban J connectivity index is -0.000000361. The Morgan fingerprint density at radius 1 is 1.00 bits per heavy atom. The maximum absolute atomic E-state index is 5.80. The van der Waals surface area contributed by atoms with Gasteiger partial charge in [0, 0.05) is 25.9 Å². The van der Waals surface area contributed by atoms with Gasteiger partial charge in [-0.25, -0.2) is 11.6 Å². The maximum Gasteiger partial charge on any atom is 4.00 e. The second-order valence-electron chi connectivity index (χ2n) is 3.79. The van der Waals surface area contributed by atoms with Crippen LogP contribution in [-0.2, 0) is 34.3 Å². The van der Waals surface area contributed by atoms with Crippen LogP contribution in [-0.4, -0.2) is 28.6 Å². The van der Waals surface area contributed by atoms with Crippen LogP contribution < -0.4 is 0 Å². The Morgan fingerprint density at radius 2 is 1.48 bits per heavy atom. The van der Waals surface area contributed by atoms with Crippen LogP contribution in [0, 0.1) is 28.4 Å². The van der Waals surface area contributed by atoms with Crippen LogP contribution in [0.25, 0.3) is 0 Å². The molecule has 0 aromatic heterocycles. The average molecular weight is 496 g/mol. The zero-order valence-electron chi connectivity index (χ0n) is 14.4. The van der Waals surface area contributed by atoms with Gasteiger partial charge in [-0.1, -0.05) is 6.42 Å². The number of hydrogen-bond donors (Lipinski definition) is 0. The first kappa shape index (κ1) is 29.3. The van der Waals surface area contributed by atoms with E-state index in [0.29, 0.717) is 19.8 Å². The van der Waals surface area contributed by atoms with E-state index in [0.717, 1.165) is 18.9 Å². The molecule has 0 aliphatic heterocycles. The normalized spacial score (nSPS) is 12.4. The first-order valence-electron chi connectivity index (χ1n) is 6.44. The van der Waals surface area contributed by atoms with E-state index in [4.69, 9.17) is 13.3 Å². The van der Waals surface area contributed by atoms with Crippen molar-refractivity contribution in [3.8, 4) is 0 Å². The van der Waals surface area contributed by atoms with Crippen molar-refractivity contribution in [1.82, 2.24) is 0 Å². The second kappa shape index (κ2) is 16.6. The molecule has 0 unspecified atom stereocenters. The van der Waals surface area contributed by atoms with Gasteiger partial charge >= 0.3 is 29.9 Å². The Hall–Kier alpha value is 0.265. The summed E-state index contributed by atoms with van der Waals surface area (Å²) in [5.74, 6) is 0. The van der Waals surface area contributed by atoms with E-state index < -0.39 is 8.80 Å². The summed E-state index contributed by atoms with van der Waals surface area (Å²) in [6.07, 6.45) is 9.44.